The maximum atomic E-state index is 12.2. The summed E-state index contributed by atoms with van der Waals surface area (Å²) in [4.78, 5) is 16.1. The Morgan fingerprint density at radius 2 is 2.05 bits per heavy atom. The van der Waals surface area contributed by atoms with E-state index in [0.717, 1.165) is 11.1 Å². The molecule has 2 N–H and O–H groups in total. The maximum absolute atomic E-state index is 12.2. The minimum atomic E-state index is -0.164. The number of amides is 1. The number of hydrogen-bond acceptors (Lipinski definition) is 3. The molecule has 1 aromatic carbocycles. The van der Waals surface area contributed by atoms with Gasteiger partial charge in [-0.25, -0.2) is 0 Å². The van der Waals surface area contributed by atoms with Crippen LogP contribution in [0.2, 0.25) is 0 Å². The van der Waals surface area contributed by atoms with Crippen LogP contribution in [-0.4, -0.2) is 21.1 Å². The zero-order valence-electron chi connectivity index (χ0n) is 10.6. The van der Waals surface area contributed by atoms with E-state index < -0.39 is 0 Å². The number of hydrogen-bond donors (Lipinski definition) is 2. The van der Waals surface area contributed by atoms with Gasteiger partial charge in [0.25, 0.3) is 5.91 Å². The Hall–Kier alpha value is -2.95. The van der Waals surface area contributed by atoms with Gasteiger partial charge in [-0.3, -0.25) is 14.9 Å². The van der Waals surface area contributed by atoms with E-state index in [1.165, 1.54) is 0 Å². The van der Waals surface area contributed by atoms with Crippen molar-refractivity contribution >= 4 is 11.6 Å². The second-order valence-corrected chi connectivity index (χ2v) is 4.26. The number of nitrogens with zero attached hydrogens (tertiary/aromatic N) is 2. The monoisotopic (exact) mass is 264 g/mol. The quantitative estimate of drug-likeness (QED) is 0.764. The number of H-pyrrole nitrogens is 1. The van der Waals surface area contributed by atoms with Gasteiger partial charge in [-0.05, 0) is 29.8 Å². The third-order valence-corrected chi connectivity index (χ3v) is 2.88. The molecule has 0 aliphatic carbocycles. The van der Waals surface area contributed by atoms with E-state index in [0.29, 0.717) is 11.3 Å². The van der Waals surface area contributed by atoms with Crippen molar-refractivity contribution in [3.63, 3.8) is 0 Å². The Bertz CT molecular complexity index is 708. The Labute approximate surface area is 115 Å². The molecule has 1 amide bonds. The molecule has 98 valence electrons. The summed E-state index contributed by atoms with van der Waals surface area (Å²) in [6.07, 6.45) is 6.78. The summed E-state index contributed by atoms with van der Waals surface area (Å²) in [5, 5.41) is 9.47. The number of carbonyl (C=O) groups excluding carboxylic acids is 1. The molecule has 0 fully saturated rings. The standard InChI is InChI=1S/C15H12N4O/c20-15(19-14-5-2-6-16-10-14)12-4-1-3-11(7-12)13-8-17-18-9-13/h1-10H,(H,17,18)(H,19,20). The van der Waals surface area contributed by atoms with E-state index in [2.05, 4.69) is 20.5 Å². The molecule has 0 atom stereocenters. The second-order valence-electron chi connectivity index (χ2n) is 4.26. The first kappa shape index (κ1) is 12.1. The fraction of sp³-hybridized carbons (Fsp3) is 0. The van der Waals surface area contributed by atoms with Gasteiger partial charge in [-0.2, -0.15) is 5.10 Å². The molecule has 0 saturated heterocycles. The molecule has 0 spiro atoms. The minimum Gasteiger partial charge on any atom is -0.321 e. The first-order valence-corrected chi connectivity index (χ1v) is 6.13. The zero-order valence-corrected chi connectivity index (χ0v) is 10.6. The summed E-state index contributed by atoms with van der Waals surface area (Å²) in [6, 6.07) is 11.0. The normalized spacial score (nSPS) is 10.2. The highest BCUT2D eigenvalue weighted by Crippen LogP contribution is 2.19. The Kier molecular flexibility index (Phi) is 3.24. The van der Waals surface area contributed by atoms with Crippen LogP contribution < -0.4 is 5.32 Å². The van der Waals surface area contributed by atoms with Crippen molar-refractivity contribution in [3.05, 3.63) is 66.7 Å². The second kappa shape index (κ2) is 5.36. The number of aromatic amines is 1. The van der Waals surface area contributed by atoms with Crippen molar-refractivity contribution in [2.75, 3.05) is 5.32 Å². The fourth-order valence-corrected chi connectivity index (χ4v) is 1.89. The van der Waals surface area contributed by atoms with Crippen LogP contribution in [-0.2, 0) is 0 Å². The maximum Gasteiger partial charge on any atom is 0.255 e. The smallest absolute Gasteiger partial charge is 0.255 e. The van der Waals surface area contributed by atoms with Crippen LogP contribution in [0.5, 0.6) is 0 Å². The summed E-state index contributed by atoms with van der Waals surface area (Å²) >= 11 is 0. The van der Waals surface area contributed by atoms with Crippen LogP contribution in [0.15, 0.2) is 61.2 Å². The van der Waals surface area contributed by atoms with Crippen LogP contribution >= 0.6 is 0 Å². The molecule has 0 radical (unpaired) electrons. The van der Waals surface area contributed by atoms with Gasteiger partial charge in [0.15, 0.2) is 0 Å². The van der Waals surface area contributed by atoms with Crippen molar-refractivity contribution in [1.29, 1.82) is 0 Å². The number of rotatable bonds is 3. The van der Waals surface area contributed by atoms with Gasteiger partial charge in [-0.1, -0.05) is 12.1 Å². The summed E-state index contributed by atoms with van der Waals surface area (Å²) in [6.45, 7) is 0. The van der Waals surface area contributed by atoms with Gasteiger partial charge in [0.2, 0.25) is 0 Å². The molecule has 0 saturated carbocycles. The summed E-state index contributed by atoms with van der Waals surface area (Å²) < 4.78 is 0. The minimum absolute atomic E-state index is 0.164. The number of carbonyl (C=O) groups is 1. The molecule has 2 aromatic heterocycles. The van der Waals surface area contributed by atoms with Gasteiger partial charge in [0.05, 0.1) is 18.1 Å². The number of anilines is 1. The van der Waals surface area contributed by atoms with E-state index in [4.69, 9.17) is 0 Å². The Morgan fingerprint density at radius 1 is 1.10 bits per heavy atom. The summed E-state index contributed by atoms with van der Waals surface area (Å²) in [7, 11) is 0. The summed E-state index contributed by atoms with van der Waals surface area (Å²) in [5.74, 6) is -0.164. The lowest BCUT2D eigenvalue weighted by atomic mass is 10.1. The average molecular weight is 264 g/mol. The number of aromatic nitrogens is 3. The zero-order chi connectivity index (χ0) is 13.8. The van der Waals surface area contributed by atoms with Crippen molar-refractivity contribution in [1.82, 2.24) is 15.2 Å². The van der Waals surface area contributed by atoms with Crippen LogP contribution in [0.1, 0.15) is 10.4 Å². The molecule has 0 unspecified atom stereocenters. The Morgan fingerprint density at radius 3 is 2.80 bits per heavy atom. The number of pyridine rings is 1. The average Bonchev–Trinajstić information content (AvgIpc) is 3.03. The third-order valence-electron chi connectivity index (χ3n) is 2.88. The van der Waals surface area contributed by atoms with Crippen molar-refractivity contribution in [2.45, 2.75) is 0 Å². The van der Waals surface area contributed by atoms with Gasteiger partial charge in [0, 0.05) is 23.5 Å². The van der Waals surface area contributed by atoms with Crippen molar-refractivity contribution in [3.8, 4) is 11.1 Å². The first-order valence-electron chi connectivity index (χ1n) is 6.13. The Balaban J connectivity index is 1.84. The number of nitrogens with one attached hydrogen (secondary N) is 2. The molecule has 20 heavy (non-hydrogen) atoms. The molecule has 5 nitrogen and oxygen atoms in total. The number of benzene rings is 1. The highest BCUT2D eigenvalue weighted by molar-refractivity contribution is 6.04. The lowest BCUT2D eigenvalue weighted by molar-refractivity contribution is 0.102. The van der Waals surface area contributed by atoms with Gasteiger partial charge < -0.3 is 5.32 Å². The lowest BCUT2D eigenvalue weighted by Crippen LogP contribution is -2.11. The molecule has 0 aliphatic rings. The molecule has 0 aliphatic heterocycles. The first-order chi connectivity index (χ1) is 9.83. The highest BCUT2D eigenvalue weighted by Gasteiger charge is 2.08. The fourth-order valence-electron chi connectivity index (χ4n) is 1.89. The molecule has 2 heterocycles. The van der Waals surface area contributed by atoms with Gasteiger partial charge in [0.1, 0.15) is 0 Å². The van der Waals surface area contributed by atoms with Crippen LogP contribution in [0.4, 0.5) is 5.69 Å². The third kappa shape index (κ3) is 2.56. The summed E-state index contributed by atoms with van der Waals surface area (Å²) in [5.41, 5.74) is 3.15. The lowest BCUT2D eigenvalue weighted by Gasteiger charge is -2.05. The van der Waals surface area contributed by atoms with Crippen molar-refractivity contribution in [2.24, 2.45) is 0 Å². The molecule has 3 aromatic rings. The molecule has 3 rings (SSSR count). The SMILES string of the molecule is O=C(Nc1cccnc1)c1cccc(-c2cn[nH]c2)c1. The predicted molar refractivity (Wildman–Crippen MR) is 76.2 cm³/mol. The van der Waals surface area contributed by atoms with Gasteiger partial charge >= 0.3 is 0 Å². The highest BCUT2D eigenvalue weighted by atomic mass is 16.1. The van der Waals surface area contributed by atoms with Crippen LogP contribution in [0.25, 0.3) is 11.1 Å². The van der Waals surface area contributed by atoms with Crippen molar-refractivity contribution < 1.29 is 4.79 Å². The largest absolute Gasteiger partial charge is 0.321 e. The van der Waals surface area contributed by atoms with Crippen LogP contribution in [0.3, 0.4) is 0 Å². The van der Waals surface area contributed by atoms with E-state index in [9.17, 15) is 4.79 Å². The molecule has 0 bridgehead atoms. The molecular formula is C15H12N4O. The van der Waals surface area contributed by atoms with E-state index in [1.807, 2.05) is 18.2 Å². The van der Waals surface area contributed by atoms with Crippen LogP contribution in [0, 0.1) is 0 Å². The molecular weight excluding hydrogens is 252 g/mol. The predicted octanol–water partition coefficient (Wildman–Crippen LogP) is 2.72. The molecule has 5 heteroatoms. The van der Waals surface area contributed by atoms with E-state index in [1.54, 1.807) is 43.0 Å². The van der Waals surface area contributed by atoms with E-state index in [-0.39, 0.29) is 5.91 Å². The van der Waals surface area contributed by atoms with E-state index >= 15 is 0 Å². The topological polar surface area (TPSA) is 70.7 Å². The van der Waals surface area contributed by atoms with Gasteiger partial charge in [-0.15, -0.1) is 0 Å².